The molecule has 2 aromatic heterocycles. The van der Waals surface area contributed by atoms with E-state index in [1.807, 2.05) is 36.4 Å². The van der Waals surface area contributed by atoms with Gasteiger partial charge in [0.25, 0.3) is 0 Å². The molecule has 0 radical (unpaired) electrons. The van der Waals surface area contributed by atoms with Crippen molar-refractivity contribution in [3.8, 4) is 12.1 Å². The first kappa shape index (κ1) is 21.1. The summed E-state index contributed by atoms with van der Waals surface area (Å²) in [5, 5.41) is 23.5. The van der Waals surface area contributed by atoms with Gasteiger partial charge in [0, 0.05) is 28.6 Å². The van der Waals surface area contributed by atoms with E-state index >= 15 is 0 Å². The summed E-state index contributed by atoms with van der Waals surface area (Å²) in [6.07, 6.45) is 6.35. The van der Waals surface area contributed by atoms with Crippen molar-refractivity contribution in [2.75, 3.05) is 7.05 Å². The highest BCUT2D eigenvalue weighted by Gasteiger charge is 2.26. The lowest BCUT2D eigenvalue weighted by Crippen LogP contribution is -2.30. The molecule has 1 aliphatic heterocycles. The molecule has 4 aromatic carbocycles. The van der Waals surface area contributed by atoms with Crippen molar-refractivity contribution in [3.05, 3.63) is 114 Å². The molecule has 0 aliphatic carbocycles. The molecular weight excluding hydrogens is 454 g/mol. The summed E-state index contributed by atoms with van der Waals surface area (Å²) < 4.78 is 4.63. The number of rotatable bonds is 2. The third kappa shape index (κ3) is 2.95. The third-order valence-corrected chi connectivity index (χ3v) is 7.42. The number of nitrogens with zero attached hydrogens (tertiary/aromatic N) is 5. The molecule has 0 saturated heterocycles. The minimum absolute atomic E-state index is 0.110. The monoisotopic (exact) mass is 475 g/mol. The summed E-state index contributed by atoms with van der Waals surface area (Å²) in [6.45, 7) is 0. The number of nitriles is 2. The Bertz CT molecular complexity index is 1910. The SMILES string of the molecule is CN1C(n2c3ccccc3c3ccccc32)=CC=CC1n1c2ccc(C#N)cc2c2cc(C#N)ccc21. The number of fused-ring (bicyclic) bond motifs is 6. The Morgan fingerprint density at radius 3 is 1.73 bits per heavy atom. The van der Waals surface area contributed by atoms with E-state index in [4.69, 9.17) is 0 Å². The Labute approximate surface area is 213 Å². The highest BCUT2D eigenvalue weighted by molar-refractivity contribution is 6.10. The van der Waals surface area contributed by atoms with E-state index in [0.717, 1.165) is 38.7 Å². The Morgan fingerprint density at radius 1 is 0.649 bits per heavy atom. The van der Waals surface area contributed by atoms with Crippen molar-refractivity contribution in [2.45, 2.75) is 6.17 Å². The Hall–Kier alpha value is -5.26. The van der Waals surface area contributed by atoms with Crippen LogP contribution in [-0.4, -0.2) is 21.1 Å². The predicted octanol–water partition coefficient (Wildman–Crippen LogP) is 7.14. The number of para-hydroxylation sites is 2. The van der Waals surface area contributed by atoms with Gasteiger partial charge in [0.2, 0.25) is 0 Å². The molecule has 0 N–H and O–H groups in total. The van der Waals surface area contributed by atoms with Gasteiger partial charge in [0.05, 0.1) is 45.3 Å². The first-order valence-electron chi connectivity index (χ1n) is 12.2. The molecule has 174 valence electrons. The molecule has 37 heavy (non-hydrogen) atoms. The minimum Gasteiger partial charge on any atom is -0.337 e. The van der Waals surface area contributed by atoms with Gasteiger partial charge in [-0.2, -0.15) is 10.5 Å². The molecule has 0 fully saturated rings. The number of aromatic nitrogens is 2. The lowest BCUT2D eigenvalue weighted by molar-refractivity contribution is 0.319. The molecule has 3 heterocycles. The summed E-state index contributed by atoms with van der Waals surface area (Å²) in [7, 11) is 2.12. The maximum atomic E-state index is 9.54. The zero-order chi connectivity index (χ0) is 25.1. The van der Waals surface area contributed by atoms with E-state index in [1.165, 1.54) is 10.8 Å². The van der Waals surface area contributed by atoms with E-state index in [0.29, 0.717) is 11.1 Å². The number of likely N-dealkylation sites (N-methyl/N-ethyl adjacent to an activating group) is 1. The zero-order valence-corrected chi connectivity index (χ0v) is 20.1. The average molecular weight is 476 g/mol. The van der Waals surface area contributed by atoms with Crippen LogP contribution in [0.25, 0.3) is 49.4 Å². The van der Waals surface area contributed by atoms with Crippen molar-refractivity contribution in [1.29, 1.82) is 10.5 Å². The van der Waals surface area contributed by atoms with Gasteiger partial charge in [-0.3, -0.25) is 4.57 Å². The van der Waals surface area contributed by atoms with Crippen LogP contribution in [-0.2, 0) is 0 Å². The highest BCUT2D eigenvalue weighted by Crippen LogP contribution is 2.39. The molecule has 0 saturated carbocycles. The zero-order valence-electron chi connectivity index (χ0n) is 20.1. The van der Waals surface area contributed by atoms with E-state index in [-0.39, 0.29) is 6.17 Å². The van der Waals surface area contributed by atoms with Gasteiger partial charge in [-0.1, -0.05) is 42.5 Å². The Balaban J connectivity index is 1.47. The maximum Gasteiger partial charge on any atom is 0.127 e. The van der Waals surface area contributed by atoms with E-state index in [2.05, 4.69) is 100.0 Å². The largest absolute Gasteiger partial charge is 0.337 e. The first-order valence-corrected chi connectivity index (χ1v) is 12.2. The summed E-state index contributed by atoms with van der Waals surface area (Å²) >= 11 is 0. The van der Waals surface area contributed by atoms with Gasteiger partial charge in [-0.05, 0) is 60.7 Å². The molecule has 7 rings (SSSR count). The molecule has 1 atom stereocenters. The van der Waals surface area contributed by atoms with Gasteiger partial charge >= 0.3 is 0 Å². The van der Waals surface area contributed by atoms with Crippen LogP contribution < -0.4 is 0 Å². The third-order valence-electron chi connectivity index (χ3n) is 7.42. The van der Waals surface area contributed by atoms with Gasteiger partial charge in [-0.15, -0.1) is 0 Å². The van der Waals surface area contributed by atoms with Crippen LogP contribution in [0.5, 0.6) is 0 Å². The van der Waals surface area contributed by atoms with Crippen molar-refractivity contribution in [2.24, 2.45) is 0 Å². The number of allylic oxidation sites excluding steroid dienone is 2. The molecule has 0 amide bonds. The van der Waals surface area contributed by atoms with Crippen molar-refractivity contribution >= 4 is 49.4 Å². The number of hydrogen-bond acceptors (Lipinski definition) is 3. The molecule has 0 bridgehead atoms. The molecular formula is C32H21N5. The average Bonchev–Trinajstić information content (AvgIpc) is 3.45. The van der Waals surface area contributed by atoms with Crippen LogP contribution in [0.3, 0.4) is 0 Å². The fourth-order valence-electron chi connectivity index (χ4n) is 5.76. The molecule has 6 aromatic rings. The highest BCUT2D eigenvalue weighted by atomic mass is 15.4. The number of hydrogen-bond donors (Lipinski definition) is 0. The van der Waals surface area contributed by atoms with E-state index < -0.39 is 0 Å². The molecule has 1 aliphatic rings. The topological polar surface area (TPSA) is 60.7 Å². The molecule has 5 heteroatoms. The predicted molar refractivity (Wildman–Crippen MR) is 149 cm³/mol. The van der Waals surface area contributed by atoms with Crippen LogP contribution in [0.2, 0.25) is 0 Å². The Morgan fingerprint density at radius 2 is 1.19 bits per heavy atom. The van der Waals surface area contributed by atoms with Crippen LogP contribution in [0.4, 0.5) is 0 Å². The fraction of sp³-hybridized carbons (Fsp3) is 0.0625. The van der Waals surface area contributed by atoms with Gasteiger partial charge in [-0.25, -0.2) is 0 Å². The molecule has 0 spiro atoms. The van der Waals surface area contributed by atoms with Crippen LogP contribution in [0, 0.1) is 22.7 Å². The lowest BCUT2D eigenvalue weighted by atomic mass is 10.1. The van der Waals surface area contributed by atoms with E-state index in [1.54, 1.807) is 0 Å². The molecule has 5 nitrogen and oxygen atoms in total. The van der Waals surface area contributed by atoms with Crippen LogP contribution in [0.15, 0.2) is 103 Å². The second kappa shape index (κ2) is 7.88. The smallest absolute Gasteiger partial charge is 0.127 e. The minimum atomic E-state index is -0.110. The lowest BCUT2D eigenvalue weighted by Gasteiger charge is -2.35. The van der Waals surface area contributed by atoms with Crippen molar-refractivity contribution < 1.29 is 0 Å². The van der Waals surface area contributed by atoms with Gasteiger partial charge in [0.15, 0.2) is 0 Å². The van der Waals surface area contributed by atoms with Crippen LogP contribution in [0.1, 0.15) is 17.3 Å². The second-order valence-corrected chi connectivity index (χ2v) is 9.36. The van der Waals surface area contributed by atoms with E-state index in [9.17, 15) is 10.5 Å². The van der Waals surface area contributed by atoms with Crippen molar-refractivity contribution in [3.63, 3.8) is 0 Å². The fourth-order valence-corrected chi connectivity index (χ4v) is 5.76. The van der Waals surface area contributed by atoms with Gasteiger partial charge < -0.3 is 9.47 Å². The number of benzene rings is 4. The second-order valence-electron chi connectivity index (χ2n) is 9.36. The standard InChI is InChI=1S/C32H21N5/c1-35-31(36-27-9-4-2-7-23(27)24-8-3-5-10-28(24)36)11-6-12-32(35)37-29-15-13-21(19-33)17-25(29)26-18-22(20-34)14-16-30(26)37/h2-18,32H,1H3. The Kier molecular flexibility index (Phi) is 4.48. The molecule has 1 unspecified atom stereocenters. The van der Waals surface area contributed by atoms with Crippen molar-refractivity contribution in [1.82, 2.24) is 14.0 Å². The summed E-state index contributed by atoms with van der Waals surface area (Å²) in [4.78, 5) is 2.29. The summed E-state index contributed by atoms with van der Waals surface area (Å²) in [5.41, 5.74) is 5.58. The normalized spacial score (nSPS) is 15.4. The van der Waals surface area contributed by atoms with Gasteiger partial charge in [0.1, 0.15) is 12.0 Å². The summed E-state index contributed by atoms with van der Waals surface area (Å²) in [5.74, 6) is 1.07. The quantitative estimate of drug-likeness (QED) is 0.267. The van der Waals surface area contributed by atoms with Crippen LogP contribution >= 0.6 is 0 Å². The summed E-state index contributed by atoms with van der Waals surface area (Å²) in [6, 6.07) is 33.2. The first-order chi connectivity index (χ1) is 18.2. The maximum absolute atomic E-state index is 9.54.